The van der Waals surface area contributed by atoms with Crippen LogP contribution < -0.4 is 16.0 Å². The number of carbonyl (C=O) groups is 1. The third kappa shape index (κ3) is 9.43. The zero-order valence-corrected chi connectivity index (χ0v) is 14.9. The third-order valence-corrected chi connectivity index (χ3v) is 3.86. The Balaban J connectivity index is 2.33. The molecule has 0 saturated heterocycles. The van der Waals surface area contributed by atoms with Gasteiger partial charge in [-0.3, -0.25) is 9.79 Å². The van der Waals surface area contributed by atoms with Gasteiger partial charge in [0.1, 0.15) is 0 Å². The van der Waals surface area contributed by atoms with E-state index in [9.17, 15) is 9.90 Å². The molecule has 1 rings (SSSR count). The Morgan fingerprint density at radius 3 is 2.48 bits per heavy atom. The van der Waals surface area contributed by atoms with Crippen molar-refractivity contribution in [1.29, 1.82) is 0 Å². The number of hydrogen-bond donors (Lipinski definition) is 4. The molecule has 0 aromatic carbocycles. The van der Waals surface area contributed by atoms with E-state index in [2.05, 4.69) is 34.8 Å². The lowest BCUT2D eigenvalue weighted by Gasteiger charge is -2.17. The van der Waals surface area contributed by atoms with Crippen molar-refractivity contribution in [2.75, 3.05) is 32.8 Å². The fourth-order valence-electron chi connectivity index (χ4n) is 2.55. The van der Waals surface area contributed by atoms with Crippen LogP contribution in [0.4, 0.5) is 0 Å². The second-order valence-electron chi connectivity index (χ2n) is 6.72. The van der Waals surface area contributed by atoms with Crippen LogP contribution in [0.15, 0.2) is 4.99 Å². The van der Waals surface area contributed by atoms with E-state index < -0.39 is 0 Å². The van der Waals surface area contributed by atoms with Crippen molar-refractivity contribution in [3.63, 3.8) is 0 Å². The van der Waals surface area contributed by atoms with Gasteiger partial charge in [0.25, 0.3) is 0 Å². The number of carbonyl (C=O) groups excluding carboxylic acids is 1. The van der Waals surface area contributed by atoms with Crippen LogP contribution in [0.25, 0.3) is 0 Å². The molecule has 0 radical (unpaired) electrons. The molecule has 1 amide bonds. The summed E-state index contributed by atoms with van der Waals surface area (Å²) < 4.78 is 0. The molecular formula is C17H34N4O2. The molecule has 0 aromatic heterocycles. The van der Waals surface area contributed by atoms with Gasteiger partial charge in [0.15, 0.2) is 5.96 Å². The number of aliphatic imine (C=N–C) groups is 1. The first-order valence-corrected chi connectivity index (χ1v) is 8.97. The van der Waals surface area contributed by atoms with E-state index in [1.165, 1.54) is 0 Å². The molecule has 0 aliphatic heterocycles. The standard InChI is InChI=1S/C17H34N4O2/c1-4-18-17(20-9-8-19-16(23)15-5-6-15)21-12-14(7-10-22)11-13(2)3/h13-15,22H,4-12H2,1-3H3,(H,19,23)(H2,18,20,21). The zero-order valence-electron chi connectivity index (χ0n) is 14.9. The fraction of sp³-hybridized carbons (Fsp3) is 0.882. The van der Waals surface area contributed by atoms with Crippen LogP contribution in [0.2, 0.25) is 0 Å². The highest BCUT2D eigenvalue weighted by Crippen LogP contribution is 2.28. The topological polar surface area (TPSA) is 85.8 Å². The van der Waals surface area contributed by atoms with Gasteiger partial charge in [-0.25, -0.2) is 0 Å². The Hall–Kier alpha value is -1.30. The Morgan fingerprint density at radius 1 is 1.22 bits per heavy atom. The molecule has 1 fully saturated rings. The minimum atomic E-state index is 0.175. The molecule has 23 heavy (non-hydrogen) atoms. The van der Waals surface area contributed by atoms with Gasteiger partial charge < -0.3 is 21.1 Å². The molecule has 1 aliphatic rings. The van der Waals surface area contributed by atoms with Crippen LogP contribution in [0, 0.1) is 17.8 Å². The summed E-state index contributed by atoms with van der Waals surface area (Å²) in [5.41, 5.74) is 0. The summed E-state index contributed by atoms with van der Waals surface area (Å²) in [6.45, 7) is 9.43. The van der Waals surface area contributed by atoms with E-state index in [-0.39, 0.29) is 18.4 Å². The molecule has 6 nitrogen and oxygen atoms in total. The molecule has 1 aliphatic carbocycles. The predicted molar refractivity (Wildman–Crippen MR) is 94.4 cm³/mol. The summed E-state index contributed by atoms with van der Waals surface area (Å²) in [4.78, 5) is 16.2. The molecule has 0 heterocycles. The van der Waals surface area contributed by atoms with Crippen molar-refractivity contribution in [3.8, 4) is 0 Å². The Labute approximate surface area is 140 Å². The second kappa shape index (κ2) is 11.3. The normalized spacial score (nSPS) is 16.3. The lowest BCUT2D eigenvalue weighted by atomic mass is 9.94. The first-order chi connectivity index (χ1) is 11.1. The summed E-state index contributed by atoms with van der Waals surface area (Å²) in [5.74, 6) is 2.22. The monoisotopic (exact) mass is 326 g/mol. The van der Waals surface area contributed by atoms with E-state index in [1.807, 2.05) is 6.92 Å². The van der Waals surface area contributed by atoms with Gasteiger partial charge in [0.2, 0.25) is 5.91 Å². The minimum absolute atomic E-state index is 0.175. The van der Waals surface area contributed by atoms with E-state index in [1.54, 1.807) is 0 Å². The van der Waals surface area contributed by atoms with Gasteiger partial charge in [0.05, 0.1) is 0 Å². The number of nitrogens with zero attached hydrogens (tertiary/aromatic N) is 1. The third-order valence-electron chi connectivity index (χ3n) is 3.86. The number of aliphatic hydroxyl groups excluding tert-OH is 1. The summed E-state index contributed by atoms with van der Waals surface area (Å²) >= 11 is 0. The van der Waals surface area contributed by atoms with E-state index in [0.29, 0.717) is 31.5 Å². The van der Waals surface area contributed by atoms with Crippen LogP contribution >= 0.6 is 0 Å². The van der Waals surface area contributed by atoms with Crippen LogP contribution in [0.3, 0.4) is 0 Å². The number of amides is 1. The molecule has 1 saturated carbocycles. The number of rotatable bonds is 11. The molecule has 6 heteroatoms. The van der Waals surface area contributed by atoms with Crippen molar-refractivity contribution in [1.82, 2.24) is 16.0 Å². The van der Waals surface area contributed by atoms with Crippen molar-refractivity contribution in [2.24, 2.45) is 22.7 Å². The van der Waals surface area contributed by atoms with Crippen molar-refractivity contribution < 1.29 is 9.90 Å². The van der Waals surface area contributed by atoms with Gasteiger partial charge in [-0.05, 0) is 44.4 Å². The van der Waals surface area contributed by atoms with Crippen molar-refractivity contribution in [2.45, 2.75) is 46.5 Å². The Morgan fingerprint density at radius 2 is 1.91 bits per heavy atom. The maximum atomic E-state index is 11.6. The summed E-state index contributed by atoms with van der Waals surface area (Å²) in [7, 11) is 0. The van der Waals surface area contributed by atoms with Gasteiger partial charge in [-0.1, -0.05) is 13.8 Å². The molecular weight excluding hydrogens is 292 g/mol. The van der Waals surface area contributed by atoms with Crippen LogP contribution in [0.5, 0.6) is 0 Å². The highest BCUT2D eigenvalue weighted by atomic mass is 16.3. The van der Waals surface area contributed by atoms with Crippen LogP contribution in [-0.4, -0.2) is 49.8 Å². The first kappa shape index (κ1) is 19.7. The largest absolute Gasteiger partial charge is 0.396 e. The van der Waals surface area contributed by atoms with Gasteiger partial charge in [0, 0.05) is 38.7 Å². The number of nitrogens with one attached hydrogen (secondary N) is 3. The average molecular weight is 326 g/mol. The molecule has 0 spiro atoms. The number of guanidine groups is 1. The van der Waals surface area contributed by atoms with Crippen LogP contribution in [-0.2, 0) is 4.79 Å². The SMILES string of the molecule is CCNC(=NCC(CCO)CC(C)C)NCCNC(=O)C1CC1. The van der Waals surface area contributed by atoms with E-state index in [4.69, 9.17) is 0 Å². The zero-order chi connectivity index (χ0) is 17.1. The minimum Gasteiger partial charge on any atom is -0.396 e. The quantitative estimate of drug-likeness (QED) is 0.260. The molecule has 4 N–H and O–H groups in total. The summed E-state index contributed by atoms with van der Waals surface area (Å²) in [5, 5.41) is 18.6. The van der Waals surface area contributed by atoms with Gasteiger partial charge >= 0.3 is 0 Å². The molecule has 0 aromatic rings. The van der Waals surface area contributed by atoms with Crippen molar-refractivity contribution in [3.05, 3.63) is 0 Å². The lowest BCUT2D eigenvalue weighted by molar-refractivity contribution is -0.122. The Kier molecular flexibility index (Phi) is 9.67. The first-order valence-electron chi connectivity index (χ1n) is 8.97. The van der Waals surface area contributed by atoms with Gasteiger partial charge in [-0.2, -0.15) is 0 Å². The molecule has 0 bridgehead atoms. The number of hydrogen-bond acceptors (Lipinski definition) is 3. The van der Waals surface area contributed by atoms with Crippen molar-refractivity contribution >= 4 is 11.9 Å². The fourth-order valence-corrected chi connectivity index (χ4v) is 2.55. The molecule has 134 valence electrons. The number of aliphatic hydroxyl groups is 1. The highest BCUT2D eigenvalue weighted by Gasteiger charge is 2.28. The average Bonchev–Trinajstić information content (AvgIpc) is 3.33. The summed E-state index contributed by atoms with van der Waals surface area (Å²) in [6.07, 6.45) is 3.93. The van der Waals surface area contributed by atoms with E-state index >= 15 is 0 Å². The predicted octanol–water partition coefficient (Wildman–Crippen LogP) is 1.11. The highest BCUT2D eigenvalue weighted by molar-refractivity contribution is 5.81. The lowest BCUT2D eigenvalue weighted by Crippen LogP contribution is -2.42. The second-order valence-corrected chi connectivity index (χ2v) is 6.72. The Bertz CT molecular complexity index is 368. The van der Waals surface area contributed by atoms with E-state index in [0.717, 1.165) is 38.2 Å². The smallest absolute Gasteiger partial charge is 0.223 e. The molecule has 1 atom stereocenters. The van der Waals surface area contributed by atoms with Crippen LogP contribution in [0.1, 0.15) is 46.5 Å². The maximum Gasteiger partial charge on any atom is 0.223 e. The molecule has 1 unspecified atom stereocenters. The van der Waals surface area contributed by atoms with Gasteiger partial charge in [-0.15, -0.1) is 0 Å². The summed E-state index contributed by atoms with van der Waals surface area (Å²) in [6, 6.07) is 0. The maximum absolute atomic E-state index is 11.6.